The number of esters is 1. The first kappa shape index (κ1) is 17.7. The summed E-state index contributed by atoms with van der Waals surface area (Å²) in [4.78, 5) is 41.7. The van der Waals surface area contributed by atoms with Crippen LogP contribution >= 0.6 is 11.8 Å². The van der Waals surface area contributed by atoms with E-state index >= 15 is 0 Å². The summed E-state index contributed by atoms with van der Waals surface area (Å²) in [5.41, 5.74) is 1.19. The lowest BCUT2D eigenvalue weighted by Gasteiger charge is -2.07. The van der Waals surface area contributed by atoms with Gasteiger partial charge >= 0.3 is 5.97 Å². The number of hydrogen-bond acceptors (Lipinski definition) is 6. The lowest BCUT2D eigenvalue weighted by Crippen LogP contribution is -2.16. The molecule has 2 rings (SSSR count). The Bertz CT molecular complexity index is 804. The van der Waals surface area contributed by atoms with Crippen LogP contribution < -0.4 is 10.9 Å². The molecule has 1 heterocycles. The Labute approximate surface area is 142 Å². The third-order valence-electron chi connectivity index (χ3n) is 2.85. The average molecular weight is 347 g/mol. The van der Waals surface area contributed by atoms with E-state index in [0.717, 1.165) is 11.8 Å². The summed E-state index contributed by atoms with van der Waals surface area (Å²) in [6.07, 6.45) is 0. The molecule has 1 amide bonds. The predicted octanol–water partition coefficient (Wildman–Crippen LogP) is 1.99. The number of carbonyl (C=O) groups excluding carboxylic acids is 2. The third-order valence-corrected chi connectivity index (χ3v) is 3.72. The van der Waals surface area contributed by atoms with Crippen molar-refractivity contribution < 1.29 is 14.3 Å². The zero-order chi connectivity index (χ0) is 17.5. The minimum absolute atomic E-state index is 0.0794. The Morgan fingerprint density at radius 2 is 2.12 bits per heavy atom. The zero-order valence-corrected chi connectivity index (χ0v) is 14.1. The van der Waals surface area contributed by atoms with Gasteiger partial charge in [-0.3, -0.25) is 9.59 Å². The number of thioether (sulfide) groups is 1. The van der Waals surface area contributed by atoms with E-state index < -0.39 is 5.97 Å². The molecule has 24 heavy (non-hydrogen) atoms. The second-order valence-corrected chi connectivity index (χ2v) is 5.79. The summed E-state index contributed by atoms with van der Waals surface area (Å²) in [5.74, 6) is -0.634. The van der Waals surface area contributed by atoms with Crippen molar-refractivity contribution in [1.82, 2.24) is 9.97 Å². The van der Waals surface area contributed by atoms with E-state index in [9.17, 15) is 14.4 Å². The summed E-state index contributed by atoms with van der Waals surface area (Å²) < 4.78 is 4.92. The number of H-pyrrole nitrogens is 1. The molecule has 0 aliphatic carbocycles. The van der Waals surface area contributed by atoms with Crippen molar-refractivity contribution in [2.75, 3.05) is 17.7 Å². The van der Waals surface area contributed by atoms with Crippen molar-refractivity contribution in [1.29, 1.82) is 0 Å². The number of ether oxygens (including phenoxy) is 1. The largest absolute Gasteiger partial charge is 0.462 e. The van der Waals surface area contributed by atoms with Gasteiger partial charge in [-0.05, 0) is 32.0 Å². The molecular formula is C16H17N3O4S. The molecular weight excluding hydrogens is 330 g/mol. The fourth-order valence-corrected chi connectivity index (χ4v) is 2.61. The predicted molar refractivity (Wildman–Crippen MR) is 91.3 cm³/mol. The Hall–Kier alpha value is -2.61. The highest BCUT2D eigenvalue weighted by Gasteiger charge is 2.09. The number of aryl methyl sites for hydroxylation is 1. The van der Waals surface area contributed by atoms with Crippen molar-refractivity contribution in [3.63, 3.8) is 0 Å². The summed E-state index contributed by atoms with van der Waals surface area (Å²) >= 11 is 1.12. The highest BCUT2D eigenvalue weighted by Crippen LogP contribution is 2.14. The lowest BCUT2D eigenvalue weighted by molar-refractivity contribution is -0.113. The van der Waals surface area contributed by atoms with Crippen LogP contribution in [0, 0.1) is 6.92 Å². The zero-order valence-electron chi connectivity index (χ0n) is 13.3. The molecule has 2 aromatic rings. The number of rotatable bonds is 6. The van der Waals surface area contributed by atoms with Gasteiger partial charge in [0.05, 0.1) is 17.9 Å². The van der Waals surface area contributed by atoms with Gasteiger partial charge in [-0.15, -0.1) is 0 Å². The normalized spacial score (nSPS) is 10.2. The van der Waals surface area contributed by atoms with Gasteiger partial charge in [0, 0.05) is 17.4 Å². The second-order valence-electron chi connectivity index (χ2n) is 4.83. The molecule has 0 atom stereocenters. The molecule has 0 bridgehead atoms. The monoisotopic (exact) mass is 347 g/mol. The van der Waals surface area contributed by atoms with Crippen LogP contribution in [0.3, 0.4) is 0 Å². The van der Waals surface area contributed by atoms with E-state index in [1.165, 1.54) is 6.07 Å². The molecule has 0 saturated heterocycles. The summed E-state index contributed by atoms with van der Waals surface area (Å²) in [5, 5.41) is 3.08. The van der Waals surface area contributed by atoms with Crippen LogP contribution in [0.4, 0.5) is 5.69 Å². The van der Waals surface area contributed by atoms with Gasteiger partial charge in [-0.2, -0.15) is 0 Å². The SMILES string of the molecule is CCOC(=O)c1cccc(NC(=O)CSc2nc(C)cc(=O)[nH]2)c1. The van der Waals surface area contributed by atoms with Gasteiger partial charge in [-0.1, -0.05) is 17.8 Å². The van der Waals surface area contributed by atoms with E-state index in [1.807, 2.05) is 0 Å². The number of amides is 1. The van der Waals surface area contributed by atoms with E-state index in [0.29, 0.717) is 22.1 Å². The molecule has 0 spiro atoms. The highest BCUT2D eigenvalue weighted by atomic mass is 32.2. The Morgan fingerprint density at radius 3 is 2.83 bits per heavy atom. The molecule has 126 valence electrons. The molecule has 1 aromatic heterocycles. The van der Waals surface area contributed by atoms with Gasteiger partial charge in [0.15, 0.2) is 5.16 Å². The first-order valence-corrected chi connectivity index (χ1v) is 8.24. The number of aromatic nitrogens is 2. The van der Waals surface area contributed by atoms with Gasteiger partial charge in [0.25, 0.3) is 5.56 Å². The van der Waals surface area contributed by atoms with Crippen LogP contribution in [-0.2, 0) is 9.53 Å². The van der Waals surface area contributed by atoms with Crippen molar-refractivity contribution in [3.05, 3.63) is 51.9 Å². The summed E-state index contributed by atoms with van der Waals surface area (Å²) in [6, 6.07) is 7.88. The van der Waals surface area contributed by atoms with Gasteiger partial charge < -0.3 is 15.0 Å². The first-order chi connectivity index (χ1) is 11.5. The maximum atomic E-state index is 12.0. The Kier molecular flexibility index (Phi) is 6.14. The van der Waals surface area contributed by atoms with E-state index in [1.54, 1.807) is 38.1 Å². The first-order valence-electron chi connectivity index (χ1n) is 7.25. The number of nitrogens with one attached hydrogen (secondary N) is 2. The second kappa shape index (κ2) is 8.30. The van der Waals surface area contributed by atoms with Gasteiger partial charge in [-0.25, -0.2) is 9.78 Å². The molecule has 0 unspecified atom stereocenters. The number of hydrogen-bond donors (Lipinski definition) is 2. The van der Waals surface area contributed by atoms with Crippen molar-refractivity contribution in [3.8, 4) is 0 Å². The maximum Gasteiger partial charge on any atom is 0.338 e. The topological polar surface area (TPSA) is 101 Å². The summed E-state index contributed by atoms with van der Waals surface area (Å²) in [6.45, 7) is 3.72. The Morgan fingerprint density at radius 1 is 1.33 bits per heavy atom. The standard InChI is InChI=1S/C16H17N3O4S/c1-3-23-15(22)11-5-4-6-12(8-11)18-14(21)9-24-16-17-10(2)7-13(20)19-16/h4-8H,3,9H2,1-2H3,(H,18,21)(H,17,19,20). The molecule has 8 heteroatoms. The van der Waals surface area contributed by atoms with Gasteiger partial charge in [0.1, 0.15) is 0 Å². The van der Waals surface area contributed by atoms with Crippen LogP contribution in [0.1, 0.15) is 23.0 Å². The fourth-order valence-electron chi connectivity index (χ4n) is 1.89. The molecule has 0 fully saturated rings. The maximum absolute atomic E-state index is 12.0. The van der Waals surface area contributed by atoms with E-state index in [2.05, 4.69) is 15.3 Å². The highest BCUT2D eigenvalue weighted by molar-refractivity contribution is 7.99. The van der Waals surface area contributed by atoms with Crippen LogP contribution in [0.5, 0.6) is 0 Å². The smallest absolute Gasteiger partial charge is 0.338 e. The van der Waals surface area contributed by atoms with Crippen LogP contribution in [0.25, 0.3) is 0 Å². The molecule has 7 nitrogen and oxygen atoms in total. The average Bonchev–Trinajstić information content (AvgIpc) is 2.52. The van der Waals surface area contributed by atoms with E-state index in [4.69, 9.17) is 4.74 Å². The molecule has 2 N–H and O–H groups in total. The molecule has 0 aliphatic heterocycles. The summed E-state index contributed by atoms with van der Waals surface area (Å²) in [7, 11) is 0. The molecule has 0 saturated carbocycles. The lowest BCUT2D eigenvalue weighted by atomic mass is 10.2. The Balaban J connectivity index is 1.96. The molecule has 0 aliphatic rings. The van der Waals surface area contributed by atoms with Crippen LogP contribution in [0.15, 0.2) is 40.3 Å². The quantitative estimate of drug-likeness (QED) is 0.471. The minimum atomic E-state index is -0.440. The molecule has 0 radical (unpaired) electrons. The molecule has 1 aromatic carbocycles. The number of aromatic amines is 1. The number of nitrogens with zero attached hydrogens (tertiary/aromatic N) is 1. The van der Waals surface area contributed by atoms with Crippen LogP contribution in [0.2, 0.25) is 0 Å². The number of carbonyl (C=O) groups is 2. The van der Waals surface area contributed by atoms with Crippen molar-refractivity contribution >= 4 is 29.3 Å². The van der Waals surface area contributed by atoms with Crippen LogP contribution in [-0.4, -0.2) is 34.2 Å². The number of benzene rings is 1. The van der Waals surface area contributed by atoms with Gasteiger partial charge in [0.2, 0.25) is 5.91 Å². The van der Waals surface area contributed by atoms with Crippen molar-refractivity contribution in [2.45, 2.75) is 19.0 Å². The fraction of sp³-hybridized carbons (Fsp3) is 0.250. The third kappa shape index (κ3) is 5.24. The van der Waals surface area contributed by atoms with Crippen molar-refractivity contribution in [2.24, 2.45) is 0 Å². The number of anilines is 1. The minimum Gasteiger partial charge on any atom is -0.462 e. The van der Waals surface area contributed by atoms with E-state index in [-0.39, 0.29) is 23.8 Å².